The third kappa shape index (κ3) is 3.43. The van der Waals surface area contributed by atoms with Crippen molar-refractivity contribution in [2.75, 3.05) is 26.3 Å². The quantitative estimate of drug-likeness (QED) is 0.781. The number of aliphatic carboxylic acids is 1. The first kappa shape index (κ1) is 13.3. The molecule has 0 saturated carbocycles. The van der Waals surface area contributed by atoms with E-state index < -0.39 is 5.97 Å². The summed E-state index contributed by atoms with van der Waals surface area (Å²) in [5.41, 5.74) is 0. The van der Waals surface area contributed by atoms with Crippen LogP contribution in [0.1, 0.15) is 25.7 Å². The second-order valence-corrected chi connectivity index (χ2v) is 4.71. The van der Waals surface area contributed by atoms with E-state index in [-0.39, 0.29) is 24.5 Å². The predicted molar refractivity (Wildman–Crippen MR) is 62.2 cm³/mol. The Labute approximate surface area is 106 Å². The van der Waals surface area contributed by atoms with Crippen molar-refractivity contribution in [2.45, 2.75) is 37.9 Å². The number of rotatable bonds is 4. The number of nitrogens with zero attached hydrogens (tertiary/aromatic N) is 1. The maximum absolute atomic E-state index is 12.1. The van der Waals surface area contributed by atoms with E-state index in [4.69, 9.17) is 14.6 Å². The van der Waals surface area contributed by atoms with Crippen LogP contribution in [-0.4, -0.2) is 60.4 Å². The van der Waals surface area contributed by atoms with Crippen molar-refractivity contribution in [3.05, 3.63) is 0 Å². The van der Waals surface area contributed by atoms with Crippen LogP contribution in [0, 0.1) is 0 Å². The minimum atomic E-state index is -0.832. The summed E-state index contributed by atoms with van der Waals surface area (Å²) in [6.45, 7) is 2.18. The zero-order valence-electron chi connectivity index (χ0n) is 10.3. The molecule has 2 fully saturated rings. The number of ether oxygens (including phenoxy) is 2. The molecule has 2 saturated heterocycles. The Hall–Kier alpha value is -1.14. The van der Waals surface area contributed by atoms with Gasteiger partial charge < -0.3 is 19.5 Å². The fourth-order valence-corrected chi connectivity index (χ4v) is 2.35. The molecule has 0 aliphatic carbocycles. The molecule has 0 bridgehead atoms. The molecule has 0 spiro atoms. The third-order valence-corrected chi connectivity index (χ3v) is 3.34. The normalized spacial score (nSPS) is 28.3. The number of carbonyl (C=O) groups is 2. The zero-order valence-corrected chi connectivity index (χ0v) is 10.3. The average Bonchev–Trinajstić information content (AvgIpc) is 2.89. The molecule has 102 valence electrons. The molecule has 6 nitrogen and oxygen atoms in total. The van der Waals surface area contributed by atoms with Gasteiger partial charge in [0.1, 0.15) is 6.10 Å². The lowest BCUT2D eigenvalue weighted by Crippen LogP contribution is -2.49. The highest BCUT2D eigenvalue weighted by molar-refractivity contribution is 5.81. The van der Waals surface area contributed by atoms with Crippen molar-refractivity contribution >= 4 is 11.9 Å². The number of hydrogen-bond donors (Lipinski definition) is 1. The molecular formula is C12H19NO5. The first-order valence-corrected chi connectivity index (χ1v) is 6.40. The van der Waals surface area contributed by atoms with Crippen LogP contribution in [0.5, 0.6) is 0 Å². The summed E-state index contributed by atoms with van der Waals surface area (Å²) in [6, 6.07) is 0. The number of morpholine rings is 1. The van der Waals surface area contributed by atoms with Gasteiger partial charge in [-0.1, -0.05) is 0 Å². The molecule has 0 aromatic carbocycles. The molecule has 2 atom stereocenters. The van der Waals surface area contributed by atoms with E-state index in [1.165, 1.54) is 0 Å². The number of hydrogen-bond acceptors (Lipinski definition) is 4. The zero-order chi connectivity index (χ0) is 13.0. The first-order valence-electron chi connectivity index (χ1n) is 6.40. The molecule has 1 N–H and O–H groups in total. The maximum Gasteiger partial charge on any atom is 0.303 e. The molecule has 2 aliphatic rings. The fraction of sp³-hybridized carbons (Fsp3) is 0.833. The molecule has 0 aromatic heterocycles. The predicted octanol–water partition coefficient (Wildman–Crippen LogP) is 0.258. The second-order valence-electron chi connectivity index (χ2n) is 4.71. The van der Waals surface area contributed by atoms with Crippen LogP contribution in [0.25, 0.3) is 0 Å². The molecule has 2 aliphatic heterocycles. The lowest BCUT2D eigenvalue weighted by Gasteiger charge is -2.34. The van der Waals surface area contributed by atoms with Crippen LogP contribution < -0.4 is 0 Å². The molecule has 2 heterocycles. The Kier molecular flexibility index (Phi) is 4.54. The van der Waals surface area contributed by atoms with E-state index in [0.717, 1.165) is 12.8 Å². The minimum absolute atomic E-state index is 0.0242. The largest absolute Gasteiger partial charge is 0.481 e. The molecule has 0 radical (unpaired) electrons. The molecule has 1 amide bonds. The van der Waals surface area contributed by atoms with Crippen LogP contribution in [0.4, 0.5) is 0 Å². The smallest absolute Gasteiger partial charge is 0.303 e. The van der Waals surface area contributed by atoms with Crippen molar-refractivity contribution in [1.82, 2.24) is 4.90 Å². The SMILES string of the molecule is O=C(O)CCC1CN(C(=O)C2CCCO2)CCO1. The number of carboxylic acid groups (broad SMARTS) is 1. The summed E-state index contributed by atoms with van der Waals surface area (Å²) in [7, 11) is 0. The van der Waals surface area contributed by atoms with Crippen LogP contribution in [0.2, 0.25) is 0 Å². The molecule has 6 heteroatoms. The van der Waals surface area contributed by atoms with Crippen molar-refractivity contribution < 1.29 is 24.2 Å². The summed E-state index contributed by atoms with van der Waals surface area (Å²) >= 11 is 0. The highest BCUT2D eigenvalue weighted by Gasteiger charge is 2.31. The van der Waals surface area contributed by atoms with E-state index in [2.05, 4.69) is 0 Å². The van der Waals surface area contributed by atoms with E-state index in [0.29, 0.717) is 32.7 Å². The monoisotopic (exact) mass is 257 g/mol. The molecular weight excluding hydrogens is 238 g/mol. The molecule has 2 unspecified atom stereocenters. The van der Waals surface area contributed by atoms with Gasteiger partial charge in [0, 0.05) is 26.1 Å². The van der Waals surface area contributed by atoms with Crippen molar-refractivity contribution in [3.63, 3.8) is 0 Å². The van der Waals surface area contributed by atoms with E-state index in [1.807, 2.05) is 0 Å². The van der Waals surface area contributed by atoms with Crippen molar-refractivity contribution in [1.29, 1.82) is 0 Å². The average molecular weight is 257 g/mol. The van der Waals surface area contributed by atoms with Gasteiger partial charge in [-0.3, -0.25) is 9.59 Å². The summed E-state index contributed by atoms with van der Waals surface area (Å²) in [6.07, 6.45) is 1.78. The van der Waals surface area contributed by atoms with Crippen LogP contribution in [0.15, 0.2) is 0 Å². The Morgan fingerprint density at radius 3 is 2.78 bits per heavy atom. The van der Waals surface area contributed by atoms with Gasteiger partial charge in [0.05, 0.1) is 12.7 Å². The lowest BCUT2D eigenvalue weighted by molar-refractivity contribution is -0.149. The van der Waals surface area contributed by atoms with Gasteiger partial charge in [-0.15, -0.1) is 0 Å². The summed E-state index contributed by atoms with van der Waals surface area (Å²) in [5.74, 6) is -0.808. The van der Waals surface area contributed by atoms with Crippen LogP contribution in [0.3, 0.4) is 0 Å². The molecule has 2 rings (SSSR count). The molecule has 0 aromatic rings. The van der Waals surface area contributed by atoms with Gasteiger partial charge in [-0.05, 0) is 19.3 Å². The van der Waals surface area contributed by atoms with E-state index in [1.54, 1.807) is 4.90 Å². The van der Waals surface area contributed by atoms with Gasteiger partial charge in [0.15, 0.2) is 0 Å². The number of carboxylic acids is 1. The van der Waals surface area contributed by atoms with Gasteiger partial charge in [0.2, 0.25) is 0 Å². The van der Waals surface area contributed by atoms with E-state index >= 15 is 0 Å². The Bertz CT molecular complexity index is 314. The maximum atomic E-state index is 12.1. The van der Waals surface area contributed by atoms with Crippen molar-refractivity contribution in [3.8, 4) is 0 Å². The van der Waals surface area contributed by atoms with Crippen LogP contribution in [-0.2, 0) is 19.1 Å². The first-order chi connectivity index (χ1) is 8.66. The van der Waals surface area contributed by atoms with E-state index in [9.17, 15) is 9.59 Å². The van der Waals surface area contributed by atoms with Crippen molar-refractivity contribution in [2.24, 2.45) is 0 Å². The summed E-state index contributed by atoms with van der Waals surface area (Å²) in [4.78, 5) is 24.4. The van der Waals surface area contributed by atoms with Crippen LogP contribution >= 0.6 is 0 Å². The third-order valence-electron chi connectivity index (χ3n) is 3.34. The highest BCUT2D eigenvalue weighted by Crippen LogP contribution is 2.18. The van der Waals surface area contributed by atoms with Gasteiger partial charge in [-0.25, -0.2) is 0 Å². The standard InChI is InChI=1S/C12H19NO5/c14-11(15)4-3-9-8-13(5-7-17-9)12(16)10-2-1-6-18-10/h9-10H,1-8H2,(H,14,15). The Morgan fingerprint density at radius 1 is 1.28 bits per heavy atom. The highest BCUT2D eigenvalue weighted by atomic mass is 16.5. The summed E-state index contributed by atoms with van der Waals surface area (Å²) < 4.78 is 10.8. The summed E-state index contributed by atoms with van der Waals surface area (Å²) in [5, 5.41) is 8.64. The Balaban J connectivity index is 1.81. The lowest BCUT2D eigenvalue weighted by atomic mass is 10.1. The fourth-order valence-electron chi connectivity index (χ4n) is 2.35. The number of amides is 1. The Morgan fingerprint density at radius 2 is 2.11 bits per heavy atom. The number of carbonyl (C=O) groups excluding carboxylic acids is 1. The molecule has 18 heavy (non-hydrogen) atoms. The second kappa shape index (κ2) is 6.15. The van der Waals surface area contributed by atoms with Gasteiger partial charge >= 0.3 is 5.97 Å². The minimum Gasteiger partial charge on any atom is -0.481 e. The van der Waals surface area contributed by atoms with Gasteiger partial charge in [0.25, 0.3) is 5.91 Å². The topological polar surface area (TPSA) is 76.1 Å². The van der Waals surface area contributed by atoms with Gasteiger partial charge in [-0.2, -0.15) is 0 Å².